The third-order valence-corrected chi connectivity index (χ3v) is 4.81. The number of thioether (sulfide) groups is 1. The largest absolute Gasteiger partial charge is 0.465 e. The fraction of sp³-hybridized carbons (Fsp3) is 0.500. The lowest BCUT2D eigenvalue weighted by molar-refractivity contribution is -0.152. The molecule has 0 fully saturated rings. The molecule has 0 unspecified atom stereocenters. The Balaban J connectivity index is 3.27. The molecule has 0 aromatic heterocycles. The van der Waals surface area contributed by atoms with E-state index >= 15 is 0 Å². The van der Waals surface area contributed by atoms with Crippen LogP contribution in [0.25, 0.3) is 0 Å². The maximum atomic E-state index is 12.9. The summed E-state index contributed by atoms with van der Waals surface area (Å²) in [6.07, 6.45) is -0.712. The van der Waals surface area contributed by atoms with Crippen LogP contribution in [0, 0.1) is 6.92 Å². The summed E-state index contributed by atoms with van der Waals surface area (Å²) in [6.45, 7) is 10.5. The van der Waals surface area contributed by atoms with Crippen molar-refractivity contribution >= 4 is 52.0 Å². The van der Waals surface area contributed by atoms with Crippen molar-refractivity contribution in [3.8, 4) is 0 Å². The minimum atomic E-state index is -1.35. The highest BCUT2D eigenvalue weighted by Gasteiger charge is 2.36. The smallest absolute Gasteiger partial charge is 0.420 e. The van der Waals surface area contributed by atoms with Gasteiger partial charge < -0.3 is 14.2 Å². The third-order valence-electron chi connectivity index (χ3n) is 3.34. The van der Waals surface area contributed by atoms with Gasteiger partial charge in [0, 0.05) is 0 Å². The number of hydrogen-bond donors (Lipinski definition) is 0. The van der Waals surface area contributed by atoms with Crippen molar-refractivity contribution < 1.29 is 28.6 Å². The Labute approximate surface area is 181 Å². The Hall–Kier alpha value is -2.13. The second kappa shape index (κ2) is 11.2. The number of anilines is 1. The lowest BCUT2D eigenvalue weighted by Gasteiger charge is -2.29. The molecule has 1 aromatic rings. The van der Waals surface area contributed by atoms with Gasteiger partial charge in [-0.05, 0) is 53.2 Å². The first kappa shape index (κ1) is 24.9. The number of ether oxygens (including phenoxy) is 3. The number of rotatable bonds is 6. The van der Waals surface area contributed by atoms with Crippen molar-refractivity contribution in [2.45, 2.75) is 52.4 Å². The molecule has 0 atom stereocenters. The number of hydrogen-bond acceptors (Lipinski definition) is 8. The van der Waals surface area contributed by atoms with E-state index in [1.165, 1.54) is 4.90 Å². The topological polar surface area (TPSA) is 82.1 Å². The summed E-state index contributed by atoms with van der Waals surface area (Å²) < 4.78 is 15.4. The van der Waals surface area contributed by atoms with Crippen LogP contribution in [0.3, 0.4) is 0 Å². The predicted octanol–water partition coefficient (Wildman–Crippen LogP) is 4.25. The highest BCUT2D eigenvalue weighted by molar-refractivity contribution is 8.24. The van der Waals surface area contributed by atoms with Gasteiger partial charge in [-0.15, -0.1) is 0 Å². The molecule has 1 aromatic carbocycles. The van der Waals surface area contributed by atoms with Gasteiger partial charge in [-0.25, -0.2) is 9.69 Å². The number of thiocarbonyl (C=S) groups is 1. The van der Waals surface area contributed by atoms with Gasteiger partial charge in [0.1, 0.15) is 5.60 Å². The number of benzene rings is 1. The summed E-state index contributed by atoms with van der Waals surface area (Å²) in [5.41, 5.74) is 0.496. The molecule has 160 valence electrons. The monoisotopic (exact) mass is 441 g/mol. The van der Waals surface area contributed by atoms with Crippen molar-refractivity contribution in [1.29, 1.82) is 0 Å². The van der Waals surface area contributed by atoms with Gasteiger partial charge in [-0.2, -0.15) is 0 Å². The summed E-state index contributed by atoms with van der Waals surface area (Å²) in [6, 6.07) is 7.09. The van der Waals surface area contributed by atoms with Crippen LogP contribution in [-0.4, -0.2) is 46.4 Å². The molecule has 0 saturated carbocycles. The summed E-state index contributed by atoms with van der Waals surface area (Å²) in [7, 11) is 0. The first-order chi connectivity index (χ1) is 13.5. The molecule has 0 aliphatic carbocycles. The van der Waals surface area contributed by atoms with Crippen LogP contribution >= 0.6 is 24.0 Å². The molecule has 7 nitrogen and oxygen atoms in total. The van der Waals surface area contributed by atoms with Gasteiger partial charge in [0.2, 0.25) is 5.25 Å². The Kier molecular flexibility index (Phi) is 9.58. The van der Waals surface area contributed by atoms with E-state index in [9.17, 15) is 14.4 Å². The SMILES string of the molecule is CCOC(=O)C(SC(=S)N(C(=O)OC(C)(C)C)c1ccccc1C)C(=O)OCC. The van der Waals surface area contributed by atoms with E-state index in [1.54, 1.807) is 46.8 Å². The second-order valence-electron chi connectivity index (χ2n) is 6.87. The maximum Gasteiger partial charge on any atom is 0.420 e. The average molecular weight is 442 g/mol. The van der Waals surface area contributed by atoms with Gasteiger partial charge in [0.15, 0.2) is 4.32 Å². The maximum absolute atomic E-state index is 12.9. The Morgan fingerprint density at radius 1 is 1.07 bits per heavy atom. The molecule has 0 N–H and O–H groups in total. The van der Waals surface area contributed by atoms with Crippen LogP contribution in [0.2, 0.25) is 0 Å². The highest BCUT2D eigenvalue weighted by Crippen LogP contribution is 2.28. The number of carbonyl (C=O) groups excluding carboxylic acids is 3. The number of esters is 2. The van der Waals surface area contributed by atoms with Gasteiger partial charge in [-0.1, -0.05) is 42.2 Å². The summed E-state index contributed by atoms with van der Waals surface area (Å²) in [4.78, 5) is 38.6. The number of amides is 1. The van der Waals surface area contributed by atoms with E-state index in [0.717, 1.165) is 5.56 Å². The lowest BCUT2D eigenvalue weighted by atomic mass is 10.2. The Bertz CT molecular complexity index is 742. The molecule has 0 aliphatic heterocycles. The van der Waals surface area contributed by atoms with Crippen LogP contribution in [0.4, 0.5) is 10.5 Å². The first-order valence-corrected chi connectivity index (χ1v) is 10.4. The molecule has 29 heavy (non-hydrogen) atoms. The highest BCUT2D eigenvalue weighted by atomic mass is 32.2. The van der Waals surface area contributed by atoms with Crippen molar-refractivity contribution in [1.82, 2.24) is 0 Å². The van der Waals surface area contributed by atoms with Crippen molar-refractivity contribution in [2.75, 3.05) is 18.1 Å². The summed E-state index contributed by atoms with van der Waals surface area (Å²) >= 11 is 6.15. The standard InChI is InChI=1S/C20H27NO6S2/c1-7-25-16(22)15(17(23)26-8-2)29-19(28)21(18(24)27-20(4,5)6)14-12-10-9-11-13(14)3/h9-12,15H,7-8H2,1-6H3. The van der Waals surface area contributed by atoms with Crippen LogP contribution in [0.15, 0.2) is 24.3 Å². The normalized spacial score (nSPS) is 11.0. The van der Waals surface area contributed by atoms with E-state index in [0.29, 0.717) is 17.4 Å². The van der Waals surface area contributed by atoms with E-state index in [4.69, 9.17) is 26.4 Å². The molecule has 9 heteroatoms. The minimum absolute atomic E-state index is 0.0281. The van der Waals surface area contributed by atoms with Gasteiger partial charge >= 0.3 is 18.0 Å². The Morgan fingerprint density at radius 2 is 1.59 bits per heavy atom. The molecule has 0 radical (unpaired) electrons. The van der Waals surface area contributed by atoms with E-state index in [-0.39, 0.29) is 17.5 Å². The second-order valence-corrected chi connectivity index (χ2v) is 8.61. The molecule has 0 heterocycles. The van der Waals surface area contributed by atoms with Gasteiger partial charge in [0.25, 0.3) is 0 Å². The zero-order valence-corrected chi connectivity index (χ0v) is 19.1. The van der Waals surface area contributed by atoms with E-state index < -0.39 is 28.9 Å². The molecule has 0 saturated heterocycles. The minimum Gasteiger partial charge on any atom is -0.465 e. The average Bonchev–Trinajstić information content (AvgIpc) is 2.60. The first-order valence-electron chi connectivity index (χ1n) is 9.14. The number of aryl methyl sites for hydroxylation is 1. The van der Waals surface area contributed by atoms with E-state index in [1.807, 2.05) is 19.1 Å². The Morgan fingerprint density at radius 3 is 2.03 bits per heavy atom. The quantitative estimate of drug-likeness (QED) is 0.280. The molecular weight excluding hydrogens is 414 g/mol. The molecule has 1 amide bonds. The number of para-hydroxylation sites is 1. The number of carbonyl (C=O) groups is 3. The summed E-state index contributed by atoms with van der Waals surface area (Å²) in [5.74, 6) is -1.57. The fourth-order valence-corrected chi connectivity index (χ4v) is 3.44. The predicted molar refractivity (Wildman–Crippen MR) is 117 cm³/mol. The summed E-state index contributed by atoms with van der Waals surface area (Å²) in [5, 5.41) is -1.35. The zero-order chi connectivity index (χ0) is 22.2. The fourth-order valence-electron chi connectivity index (χ4n) is 2.17. The van der Waals surface area contributed by atoms with Crippen LogP contribution in [-0.2, 0) is 23.8 Å². The van der Waals surface area contributed by atoms with Crippen molar-refractivity contribution in [3.63, 3.8) is 0 Å². The van der Waals surface area contributed by atoms with Gasteiger partial charge in [0.05, 0.1) is 18.9 Å². The van der Waals surface area contributed by atoms with Crippen LogP contribution in [0.5, 0.6) is 0 Å². The number of nitrogens with zero attached hydrogens (tertiary/aromatic N) is 1. The molecular formula is C20H27NO6S2. The van der Waals surface area contributed by atoms with Crippen LogP contribution in [0.1, 0.15) is 40.2 Å². The molecule has 0 aliphatic rings. The van der Waals surface area contributed by atoms with Crippen molar-refractivity contribution in [2.24, 2.45) is 0 Å². The lowest BCUT2D eigenvalue weighted by Crippen LogP contribution is -2.42. The van der Waals surface area contributed by atoms with Crippen molar-refractivity contribution in [3.05, 3.63) is 29.8 Å². The van der Waals surface area contributed by atoms with Gasteiger partial charge in [-0.3, -0.25) is 9.59 Å². The van der Waals surface area contributed by atoms with E-state index in [2.05, 4.69) is 0 Å². The molecule has 0 bridgehead atoms. The molecule has 0 spiro atoms. The molecule has 1 rings (SSSR count). The third kappa shape index (κ3) is 7.66. The zero-order valence-electron chi connectivity index (χ0n) is 17.5. The van der Waals surface area contributed by atoms with Crippen LogP contribution < -0.4 is 4.90 Å².